The minimum atomic E-state index is -0.952. The molecule has 1 N–H and O–H groups in total. The van der Waals surface area contributed by atoms with Crippen LogP contribution in [0.15, 0.2) is 46.9 Å². The van der Waals surface area contributed by atoms with E-state index in [1.165, 1.54) is 11.6 Å². The summed E-state index contributed by atoms with van der Waals surface area (Å²) in [4.78, 5) is 0. The van der Waals surface area contributed by atoms with Gasteiger partial charge >= 0.3 is 0 Å². The summed E-state index contributed by atoms with van der Waals surface area (Å²) in [6.07, 6.45) is -0.00812. The van der Waals surface area contributed by atoms with Crippen molar-refractivity contribution in [3.63, 3.8) is 0 Å². The summed E-state index contributed by atoms with van der Waals surface area (Å²) >= 11 is 3.27. The van der Waals surface area contributed by atoms with Crippen molar-refractivity contribution in [2.75, 3.05) is 0 Å². The van der Waals surface area contributed by atoms with Gasteiger partial charge in [-0.1, -0.05) is 53.2 Å². The van der Waals surface area contributed by atoms with Crippen molar-refractivity contribution >= 4 is 15.9 Å². The molecule has 0 aliphatic rings. The Kier molecular flexibility index (Phi) is 4.15. The van der Waals surface area contributed by atoms with E-state index in [2.05, 4.69) is 22.9 Å². The molecule has 0 aromatic heterocycles. The van der Waals surface area contributed by atoms with Gasteiger partial charge < -0.3 is 5.11 Å². The molecule has 0 radical (unpaired) electrons. The van der Waals surface area contributed by atoms with Crippen LogP contribution in [0.4, 0.5) is 4.39 Å². The number of rotatable bonds is 3. The smallest absolute Gasteiger partial charge is 0.130 e. The van der Waals surface area contributed by atoms with E-state index < -0.39 is 11.9 Å². The molecule has 0 saturated carbocycles. The van der Waals surface area contributed by atoms with Crippen molar-refractivity contribution in [2.45, 2.75) is 19.4 Å². The number of aliphatic hydroxyl groups excluding tert-OH is 1. The summed E-state index contributed by atoms with van der Waals surface area (Å²) in [5.74, 6) is -0.406. The minimum Gasteiger partial charge on any atom is -0.384 e. The first-order chi connectivity index (χ1) is 8.63. The lowest BCUT2D eigenvalue weighted by Crippen LogP contribution is -2.03. The molecule has 0 bridgehead atoms. The van der Waals surface area contributed by atoms with E-state index in [-0.39, 0.29) is 5.56 Å². The van der Waals surface area contributed by atoms with Gasteiger partial charge in [-0.15, -0.1) is 0 Å². The Morgan fingerprint density at radius 2 is 1.83 bits per heavy atom. The summed E-state index contributed by atoms with van der Waals surface area (Å²) in [7, 11) is 0. The van der Waals surface area contributed by atoms with Crippen LogP contribution in [0.1, 0.15) is 29.7 Å². The first-order valence-electron chi connectivity index (χ1n) is 5.84. The van der Waals surface area contributed by atoms with Crippen molar-refractivity contribution < 1.29 is 9.50 Å². The van der Waals surface area contributed by atoms with E-state index in [0.29, 0.717) is 10.0 Å². The first kappa shape index (κ1) is 13.2. The molecule has 1 atom stereocenters. The van der Waals surface area contributed by atoms with E-state index in [4.69, 9.17) is 0 Å². The first-order valence-corrected chi connectivity index (χ1v) is 6.63. The number of benzene rings is 2. The van der Waals surface area contributed by atoms with Crippen molar-refractivity contribution in [2.24, 2.45) is 0 Å². The van der Waals surface area contributed by atoms with Crippen LogP contribution in [0.25, 0.3) is 0 Å². The van der Waals surface area contributed by atoms with Crippen LogP contribution in [-0.4, -0.2) is 5.11 Å². The number of hydrogen-bond donors (Lipinski definition) is 1. The molecule has 0 heterocycles. The summed E-state index contributed by atoms with van der Waals surface area (Å²) in [5, 5.41) is 10.2. The van der Waals surface area contributed by atoms with Crippen molar-refractivity contribution in [3.05, 3.63) is 69.4 Å². The highest BCUT2D eigenvalue weighted by molar-refractivity contribution is 9.10. The minimum absolute atomic E-state index is 0.279. The van der Waals surface area contributed by atoms with Gasteiger partial charge in [0, 0.05) is 10.0 Å². The summed E-state index contributed by atoms with van der Waals surface area (Å²) in [6, 6.07) is 12.3. The lowest BCUT2D eigenvalue weighted by atomic mass is 9.99. The Labute approximate surface area is 114 Å². The quantitative estimate of drug-likeness (QED) is 0.899. The van der Waals surface area contributed by atoms with Gasteiger partial charge in [0.1, 0.15) is 11.9 Å². The molecule has 94 valence electrons. The average Bonchev–Trinajstić information content (AvgIpc) is 2.38. The number of aliphatic hydroxyl groups is 1. The standard InChI is InChI=1S/C15H14BrFO/c1-2-10-6-8-11(9-7-10)15(18)14-12(16)4-3-5-13(14)17/h3-9,15,18H,2H2,1H3. The van der Waals surface area contributed by atoms with Gasteiger partial charge in [0.2, 0.25) is 0 Å². The zero-order valence-electron chi connectivity index (χ0n) is 10.0. The molecule has 2 rings (SSSR count). The lowest BCUT2D eigenvalue weighted by molar-refractivity contribution is 0.214. The Hall–Kier alpha value is -1.19. The monoisotopic (exact) mass is 308 g/mol. The normalized spacial score (nSPS) is 12.4. The molecule has 3 heteroatoms. The van der Waals surface area contributed by atoms with Gasteiger partial charge in [0.25, 0.3) is 0 Å². The van der Waals surface area contributed by atoms with E-state index in [9.17, 15) is 9.50 Å². The lowest BCUT2D eigenvalue weighted by Gasteiger charge is -2.14. The second kappa shape index (κ2) is 5.63. The number of halogens is 2. The highest BCUT2D eigenvalue weighted by atomic mass is 79.9. The Balaban J connectivity index is 2.38. The second-order valence-corrected chi connectivity index (χ2v) is 4.99. The maximum absolute atomic E-state index is 13.7. The van der Waals surface area contributed by atoms with E-state index >= 15 is 0 Å². The summed E-state index contributed by atoms with van der Waals surface area (Å²) in [6.45, 7) is 2.07. The van der Waals surface area contributed by atoms with E-state index in [0.717, 1.165) is 6.42 Å². The highest BCUT2D eigenvalue weighted by Crippen LogP contribution is 2.30. The number of hydrogen-bond acceptors (Lipinski definition) is 1. The molecule has 0 aliphatic carbocycles. The van der Waals surface area contributed by atoms with Gasteiger partial charge in [0.05, 0.1) is 0 Å². The maximum atomic E-state index is 13.7. The third-order valence-corrected chi connectivity index (χ3v) is 3.67. The molecule has 0 spiro atoms. The fourth-order valence-corrected chi connectivity index (χ4v) is 2.43. The second-order valence-electron chi connectivity index (χ2n) is 4.13. The third kappa shape index (κ3) is 2.62. The summed E-state index contributed by atoms with van der Waals surface area (Å²) in [5.41, 5.74) is 2.17. The SMILES string of the molecule is CCc1ccc(C(O)c2c(F)cccc2Br)cc1. The van der Waals surface area contributed by atoms with Crippen LogP contribution in [0, 0.1) is 5.82 Å². The maximum Gasteiger partial charge on any atom is 0.130 e. The van der Waals surface area contributed by atoms with Gasteiger partial charge in [-0.2, -0.15) is 0 Å². The molecule has 0 fully saturated rings. The molecule has 2 aromatic carbocycles. The van der Waals surface area contributed by atoms with Gasteiger partial charge in [-0.3, -0.25) is 0 Å². The van der Waals surface area contributed by atoms with E-state index in [1.807, 2.05) is 24.3 Å². The van der Waals surface area contributed by atoms with Crippen LogP contribution in [0.5, 0.6) is 0 Å². The molecule has 18 heavy (non-hydrogen) atoms. The predicted molar refractivity (Wildman–Crippen MR) is 74.0 cm³/mol. The fraction of sp³-hybridized carbons (Fsp3) is 0.200. The molecular formula is C15H14BrFO. The van der Waals surface area contributed by atoms with E-state index in [1.54, 1.807) is 12.1 Å². The zero-order valence-corrected chi connectivity index (χ0v) is 11.6. The van der Waals surface area contributed by atoms with Crippen molar-refractivity contribution in [3.8, 4) is 0 Å². The predicted octanol–water partition coefficient (Wildman–Crippen LogP) is 4.23. The van der Waals surface area contributed by atoms with Crippen LogP contribution in [0.3, 0.4) is 0 Å². The third-order valence-electron chi connectivity index (χ3n) is 2.98. The average molecular weight is 309 g/mol. The van der Waals surface area contributed by atoms with Gasteiger partial charge in [0.15, 0.2) is 0 Å². The van der Waals surface area contributed by atoms with Gasteiger partial charge in [-0.05, 0) is 29.7 Å². The van der Waals surface area contributed by atoms with Crippen molar-refractivity contribution in [1.29, 1.82) is 0 Å². The van der Waals surface area contributed by atoms with Crippen LogP contribution < -0.4 is 0 Å². The molecule has 1 unspecified atom stereocenters. The van der Waals surface area contributed by atoms with Crippen LogP contribution >= 0.6 is 15.9 Å². The molecule has 0 aliphatic heterocycles. The Morgan fingerprint density at radius 1 is 1.17 bits per heavy atom. The highest BCUT2D eigenvalue weighted by Gasteiger charge is 2.17. The molecule has 0 amide bonds. The largest absolute Gasteiger partial charge is 0.384 e. The molecule has 0 saturated heterocycles. The van der Waals surface area contributed by atoms with Crippen LogP contribution in [0.2, 0.25) is 0 Å². The molecular weight excluding hydrogens is 295 g/mol. The fourth-order valence-electron chi connectivity index (χ4n) is 1.87. The molecule has 1 nitrogen and oxygen atoms in total. The Bertz CT molecular complexity index is 516. The Morgan fingerprint density at radius 3 is 2.39 bits per heavy atom. The topological polar surface area (TPSA) is 20.2 Å². The van der Waals surface area contributed by atoms with Crippen molar-refractivity contribution in [1.82, 2.24) is 0 Å². The molecule has 2 aromatic rings. The summed E-state index contributed by atoms with van der Waals surface area (Å²) < 4.78 is 14.3. The van der Waals surface area contributed by atoms with Crippen LogP contribution in [-0.2, 0) is 6.42 Å². The zero-order chi connectivity index (χ0) is 13.1. The number of aryl methyl sites for hydroxylation is 1. The van der Waals surface area contributed by atoms with Gasteiger partial charge in [-0.25, -0.2) is 4.39 Å².